The molecule has 1 saturated heterocycles. The molecule has 1 aromatic rings. The van der Waals surface area contributed by atoms with Crippen LogP contribution in [0.5, 0.6) is 0 Å². The van der Waals surface area contributed by atoms with Gasteiger partial charge in [0.25, 0.3) is 5.91 Å². The third-order valence-corrected chi connectivity index (χ3v) is 9.40. The van der Waals surface area contributed by atoms with Crippen molar-refractivity contribution in [2.45, 2.75) is 91.4 Å². The highest BCUT2D eigenvalue weighted by atomic mass is 32.1. The molecule has 0 radical (unpaired) electrons. The average Bonchev–Trinajstić information content (AvgIpc) is 3.59. The van der Waals surface area contributed by atoms with Gasteiger partial charge in [0.1, 0.15) is 0 Å². The summed E-state index contributed by atoms with van der Waals surface area (Å²) in [5.74, 6) is -2.30. The molecule has 1 aromatic heterocycles. The van der Waals surface area contributed by atoms with Crippen molar-refractivity contribution >= 4 is 48.2 Å². The van der Waals surface area contributed by atoms with Gasteiger partial charge in [-0.1, -0.05) is 20.8 Å². The van der Waals surface area contributed by atoms with Crippen molar-refractivity contribution in [3.63, 3.8) is 0 Å². The summed E-state index contributed by atoms with van der Waals surface area (Å²) in [5.41, 5.74) is 8.90. The summed E-state index contributed by atoms with van der Waals surface area (Å²) >= 11 is 4.63. The predicted molar refractivity (Wildman–Crippen MR) is 172 cm³/mol. The Morgan fingerprint density at radius 1 is 1.02 bits per heavy atom. The molecule has 0 bridgehead atoms. The molecule has 0 aromatic carbocycles. The maximum absolute atomic E-state index is 12.5. The first-order chi connectivity index (χ1) is 20.7. The molecule has 0 spiro atoms. The minimum absolute atomic E-state index is 0.0493. The van der Waals surface area contributed by atoms with Gasteiger partial charge in [-0.05, 0) is 80.0 Å². The van der Waals surface area contributed by atoms with Crippen LogP contribution in [-0.4, -0.2) is 56.0 Å². The lowest BCUT2D eigenvalue weighted by Crippen LogP contribution is -2.19. The van der Waals surface area contributed by atoms with Gasteiger partial charge in [-0.25, -0.2) is 0 Å². The first kappa shape index (κ1) is 33.0. The molecule has 1 fully saturated rings. The lowest BCUT2D eigenvalue weighted by molar-refractivity contribution is -0.138. The summed E-state index contributed by atoms with van der Waals surface area (Å²) < 4.78 is 0. The van der Waals surface area contributed by atoms with Crippen LogP contribution >= 0.6 is 12.6 Å². The lowest BCUT2D eigenvalue weighted by Gasteiger charge is -2.17. The zero-order valence-corrected chi connectivity index (χ0v) is 27.0. The summed E-state index contributed by atoms with van der Waals surface area (Å²) in [6.45, 7) is 11.5. The summed E-state index contributed by atoms with van der Waals surface area (Å²) in [6, 6.07) is -0.369. The van der Waals surface area contributed by atoms with Gasteiger partial charge in [-0.2, -0.15) is 12.6 Å². The number of hydrogen-bond donors (Lipinski definition) is 6. The molecule has 2 amide bonds. The molecule has 4 rings (SSSR count). The number of carboxylic acid groups (broad SMARTS) is 2. The quantitative estimate of drug-likeness (QED) is 0.186. The van der Waals surface area contributed by atoms with Crippen molar-refractivity contribution in [3.8, 4) is 0 Å². The van der Waals surface area contributed by atoms with Gasteiger partial charge in [0.15, 0.2) is 0 Å². The van der Waals surface area contributed by atoms with Gasteiger partial charge in [0, 0.05) is 64.7 Å². The monoisotopic (exact) mass is 622 g/mol. The van der Waals surface area contributed by atoms with Crippen molar-refractivity contribution < 1.29 is 29.4 Å². The van der Waals surface area contributed by atoms with Gasteiger partial charge < -0.3 is 25.8 Å². The number of aliphatic imine (C=N–C) groups is 1. The Hall–Kier alpha value is -3.86. The lowest BCUT2D eigenvalue weighted by atomic mass is 9.91. The van der Waals surface area contributed by atoms with E-state index in [2.05, 4.69) is 28.2 Å². The van der Waals surface area contributed by atoms with Crippen molar-refractivity contribution in [1.29, 1.82) is 0 Å². The van der Waals surface area contributed by atoms with E-state index < -0.39 is 11.9 Å². The number of allylic oxidation sites excluding steroid dienone is 4. The zero-order valence-electron chi connectivity index (χ0n) is 26.1. The molecule has 11 heteroatoms. The molecule has 10 nitrogen and oxygen atoms in total. The fraction of sp³-hybridized carbons (Fsp3) is 0.485. The Labute approximate surface area is 263 Å². The van der Waals surface area contributed by atoms with E-state index in [0.29, 0.717) is 37.1 Å². The number of amides is 2. The number of aromatic nitrogens is 1. The highest BCUT2D eigenvalue weighted by molar-refractivity contribution is 7.80. The Morgan fingerprint density at radius 2 is 1.68 bits per heavy atom. The van der Waals surface area contributed by atoms with E-state index in [0.717, 1.165) is 50.5 Å². The van der Waals surface area contributed by atoms with Gasteiger partial charge in [-0.15, -0.1) is 0 Å². The van der Waals surface area contributed by atoms with E-state index in [-0.39, 0.29) is 47.8 Å². The molecular weight excluding hydrogens is 580 g/mol. The molecule has 44 heavy (non-hydrogen) atoms. The van der Waals surface area contributed by atoms with Crippen LogP contribution in [0.4, 0.5) is 0 Å². The fourth-order valence-electron chi connectivity index (χ4n) is 6.54. The number of H-pyrrole nitrogens is 1. The maximum atomic E-state index is 12.5. The van der Waals surface area contributed by atoms with Crippen LogP contribution in [0.1, 0.15) is 82.8 Å². The summed E-state index contributed by atoms with van der Waals surface area (Å²) in [6.07, 6.45) is 5.32. The second-order valence-electron chi connectivity index (χ2n) is 11.9. The third kappa shape index (κ3) is 6.77. The molecule has 1 unspecified atom stereocenters. The largest absolute Gasteiger partial charge is 0.481 e. The smallest absolute Gasteiger partial charge is 0.303 e. The van der Waals surface area contributed by atoms with Crippen LogP contribution < -0.4 is 10.6 Å². The van der Waals surface area contributed by atoms with Gasteiger partial charge in [-0.3, -0.25) is 24.2 Å². The minimum Gasteiger partial charge on any atom is -0.481 e. The highest BCUT2D eigenvalue weighted by Crippen LogP contribution is 2.36. The molecule has 4 atom stereocenters. The van der Waals surface area contributed by atoms with E-state index in [9.17, 15) is 29.4 Å². The standard InChI is InChI=1S/C33H42N4O6S/c1-7-20-15(2)25(36-33(20)43)12-23-16(3)21(8-10-29(38)39)26(34-23)14-27-22(9-11-30(40)41)17(4)24(35-27)13-28-31(19(6)44)18(5)32(42)37-28/h12-13,18-19,26,31,35,44H,7-11,14H2,1-6H3,(H,36,43)(H,37,42)(H,38,39)(H,40,41)/b25-12-,28-13-/t18-,19-,26?,31+/m1/s1. The van der Waals surface area contributed by atoms with Crippen LogP contribution in [0.2, 0.25) is 0 Å². The maximum Gasteiger partial charge on any atom is 0.303 e. The summed E-state index contributed by atoms with van der Waals surface area (Å²) in [5, 5.41) is 24.8. The van der Waals surface area contributed by atoms with Gasteiger partial charge in [0.05, 0.1) is 11.8 Å². The molecular formula is C33H42N4O6S. The molecule has 236 valence electrons. The SMILES string of the molecule is CCC1=C(C)/C(=C/C2=NC(Cc3[nH]c(/C=C4\NC(=O)[C@H](C)[C@H]4[C@@H](C)S)c(C)c3CCC(=O)O)C(CCC(=O)O)=C2C)NC1=O. The van der Waals surface area contributed by atoms with E-state index >= 15 is 0 Å². The van der Waals surface area contributed by atoms with Crippen LogP contribution in [-0.2, 0) is 32.0 Å². The Bertz CT molecular complexity index is 1560. The van der Waals surface area contributed by atoms with E-state index in [1.54, 1.807) is 0 Å². The number of aliphatic carboxylic acids is 2. The molecule has 3 aliphatic heterocycles. The first-order valence-corrected chi connectivity index (χ1v) is 15.6. The van der Waals surface area contributed by atoms with Gasteiger partial charge >= 0.3 is 11.9 Å². The van der Waals surface area contributed by atoms with Crippen LogP contribution in [0.15, 0.2) is 44.8 Å². The normalized spacial score (nSPS) is 24.4. The predicted octanol–water partition coefficient (Wildman–Crippen LogP) is 4.67. The second-order valence-corrected chi connectivity index (χ2v) is 12.7. The number of aromatic amines is 1. The number of nitrogens with one attached hydrogen (secondary N) is 3. The topological polar surface area (TPSA) is 161 Å². The summed E-state index contributed by atoms with van der Waals surface area (Å²) in [7, 11) is 0. The van der Waals surface area contributed by atoms with Crippen molar-refractivity contribution in [2.24, 2.45) is 16.8 Å². The van der Waals surface area contributed by atoms with E-state index in [4.69, 9.17) is 4.99 Å². The minimum atomic E-state index is -0.906. The number of carbonyl (C=O) groups excluding carboxylic acids is 2. The Kier molecular flexibility index (Phi) is 10.1. The number of carbonyl (C=O) groups is 4. The number of hydrogen-bond acceptors (Lipinski definition) is 6. The Balaban J connectivity index is 1.75. The van der Waals surface area contributed by atoms with E-state index in [1.807, 2.05) is 53.7 Å². The van der Waals surface area contributed by atoms with Crippen LogP contribution in [0.25, 0.3) is 6.08 Å². The van der Waals surface area contributed by atoms with Crippen molar-refractivity contribution in [2.75, 3.05) is 0 Å². The van der Waals surface area contributed by atoms with E-state index in [1.165, 1.54) is 0 Å². The first-order valence-electron chi connectivity index (χ1n) is 15.1. The number of carboxylic acids is 2. The number of rotatable bonds is 12. The Morgan fingerprint density at radius 3 is 2.27 bits per heavy atom. The van der Waals surface area contributed by atoms with Crippen molar-refractivity contribution in [1.82, 2.24) is 15.6 Å². The zero-order chi connectivity index (χ0) is 32.5. The fourth-order valence-corrected chi connectivity index (χ4v) is 6.96. The van der Waals surface area contributed by atoms with Crippen LogP contribution in [0.3, 0.4) is 0 Å². The second kappa shape index (κ2) is 13.4. The number of thiol groups is 1. The average molecular weight is 623 g/mol. The highest BCUT2D eigenvalue weighted by Gasteiger charge is 2.38. The number of nitrogens with zero attached hydrogens (tertiary/aromatic N) is 1. The van der Waals surface area contributed by atoms with Crippen molar-refractivity contribution in [3.05, 3.63) is 62.3 Å². The molecule has 0 aliphatic carbocycles. The third-order valence-electron chi connectivity index (χ3n) is 9.08. The van der Waals surface area contributed by atoms with Crippen LogP contribution in [0, 0.1) is 18.8 Å². The van der Waals surface area contributed by atoms with Gasteiger partial charge in [0.2, 0.25) is 5.91 Å². The molecule has 5 N–H and O–H groups in total. The molecule has 4 heterocycles. The molecule has 3 aliphatic rings. The molecule has 0 saturated carbocycles. The summed E-state index contributed by atoms with van der Waals surface area (Å²) in [4.78, 5) is 56.5.